The Morgan fingerprint density at radius 3 is 2.70 bits per heavy atom. The highest BCUT2D eigenvalue weighted by Crippen LogP contribution is 2.26. The number of hydrogen-bond donors (Lipinski definition) is 3. The number of carbonyl (C=O) groups is 1. The molecule has 0 aliphatic carbocycles. The van der Waals surface area contributed by atoms with E-state index in [1.807, 2.05) is 25.1 Å². The maximum absolute atomic E-state index is 14.5. The number of urea groups is 1. The third-order valence-corrected chi connectivity index (χ3v) is 5.30. The summed E-state index contributed by atoms with van der Waals surface area (Å²) in [5, 5.41) is 11.0. The fourth-order valence-electron chi connectivity index (χ4n) is 3.46. The van der Waals surface area contributed by atoms with Crippen LogP contribution in [-0.4, -0.2) is 65.0 Å². The Morgan fingerprint density at radius 1 is 1.21 bits per heavy atom. The summed E-state index contributed by atoms with van der Waals surface area (Å²) in [4.78, 5) is 31.5. The van der Waals surface area contributed by atoms with Gasteiger partial charge in [-0.3, -0.25) is 5.41 Å². The van der Waals surface area contributed by atoms with Crippen LogP contribution in [0.3, 0.4) is 0 Å². The van der Waals surface area contributed by atoms with E-state index in [1.54, 1.807) is 23.2 Å². The molecule has 1 aliphatic rings. The molecule has 1 aromatic carbocycles. The third-order valence-electron chi connectivity index (χ3n) is 5.30. The number of aromatic nitrogens is 3. The summed E-state index contributed by atoms with van der Waals surface area (Å²) in [6.45, 7) is 1.46. The summed E-state index contributed by atoms with van der Waals surface area (Å²) in [7, 11) is 3.78. The molecule has 2 amide bonds. The smallest absolute Gasteiger partial charge is 0.321 e. The number of hydrogen-bond acceptors (Lipinski definition) is 6. The van der Waals surface area contributed by atoms with E-state index in [1.165, 1.54) is 24.5 Å². The standard InChI is InChI=1S/C23H25FN8O/c1-31(2)21-8-5-15(12-26-21)19(25)13-27-22-28-14-20(30-22)17-11-16(6-7-18(17)24)29-23(33)32-9-3-4-10-32/h5-8,11-14,25H,3-4,9-10H2,1-2H3,(H,28,30)(H,29,33)/b25-19?,27-13-. The molecule has 10 heteroatoms. The van der Waals surface area contributed by atoms with Gasteiger partial charge in [-0.15, -0.1) is 0 Å². The number of aliphatic imine (C=N–C) groups is 1. The Hall–Kier alpha value is -4.08. The Bertz CT molecular complexity index is 1180. The van der Waals surface area contributed by atoms with Gasteiger partial charge < -0.3 is 20.1 Å². The maximum atomic E-state index is 14.5. The minimum Gasteiger partial charge on any atom is -0.363 e. The second kappa shape index (κ2) is 9.60. The van der Waals surface area contributed by atoms with Gasteiger partial charge in [0.25, 0.3) is 0 Å². The number of imidazole rings is 1. The minimum atomic E-state index is -0.451. The van der Waals surface area contributed by atoms with Gasteiger partial charge >= 0.3 is 6.03 Å². The Balaban J connectivity index is 1.46. The lowest BCUT2D eigenvalue weighted by Gasteiger charge is -2.16. The highest BCUT2D eigenvalue weighted by Gasteiger charge is 2.18. The third kappa shape index (κ3) is 5.22. The van der Waals surface area contributed by atoms with Crippen molar-refractivity contribution >= 4 is 35.4 Å². The number of halogens is 1. The molecule has 0 bridgehead atoms. The van der Waals surface area contributed by atoms with E-state index in [2.05, 4.69) is 25.3 Å². The highest BCUT2D eigenvalue weighted by molar-refractivity contribution is 6.37. The van der Waals surface area contributed by atoms with Crippen molar-refractivity contribution < 1.29 is 9.18 Å². The van der Waals surface area contributed by atoms with Crippen molar-refractivity contribution in [2.45, 2.75) is 12.8 Å². The number of H-pyrrole nitrogens is 1. The monoisotopic (exact) mass is 448 g/mol. The van der Waals surface area contributed by atoms with Gasteiger partial charge in [-0.25, -0.2) is 24.1 Å². The topological polar surface area (TPSA) is 113 Å². The van der Waals surface area contributed by atoms with E-state index in [-0.39, 0.29) is 23.3 Å². The molecule has 0 unspecified atom stereocenters. The average molecular weight is 449 g/mol. The predicted octanol–water partition coefficient (Wildman–Crippen LogP) is 4.07. The first-order chi connectivity index (χ1) is 15.9. The van der Waals surface area contributed by atoms with Crippen LogP contribution in [0.4, 0.5) is 26.6 Å². The maximum Gasteiger partial charge on any atom is 0.321 e. The van der Waals surface area contributed by atoms with Gasteiger partial charge in [0, 0.05) is 50.2 Å². The molecule has 3 N–H and O–H groups in total. The molecule has 3 aromatic rings. The lowest BCUT2D eigenvalue weighted by Crippen LogP contribution is -2.32. The first kappa shape index (κ1) is 22.1. The van der Waals surface area contributed by atoms with E-state index in [9.17, 15) is 9.18 Å². The zero-order chi connectivity index (χ0) is 23.4. The molecule has 4 rings (SSSR count). The molecule has 1 saturated heterocycles. The summed E-state index contributed by atoms with van der Waals surface area (Å²) >= 11 is 0. The van der Waals surface area contributed by atoms with Crippen LogP contribution in [0.1, 0.15) is 18.4 Å². The van der Waals surface area contributed by atoms with Crippen LogP contribution < -0.4 is 10.2 Å². The fourth-order valence-corrected chi connectivity index (χ4v) is 3.46. The molecule has 2 aromatic heterocycles. The quantitative estimate of drug-likeness (QED) is 0.493. The molecule has 3 heterocycles. The number of nitrogens with one attached hydrogen (secondary N) is 3. The zero-order valence-corrected chi connectivity index (χ0v) is 18.5. The van der Waals surface area contributed by atoms with Gasteiger partial charge in [-0.05, 0) is 43.2 Å². The molecule has 1 fully saturated rings. The van der Waals surface area contributed by atoms with Gasteiger partial charge in [0.15, 0.2) is 0 Å². The van der Waals surface area contributed by atoms with Crippen LogP contribution in [0.25, 0.3) is 11.3 Å². The van der Waals surface area contributed by atoms with Gasteiger partial charge in [-0.1, -0.05) is 0 Å². The first-order valence-electron chi connectivity index (χ1n) is 10.6. The van der Waals surface area contributed by atoms with E-state index < -0.39 is 5.82 Å². The van der Waals surface area contributed by atoms with Crippen molar-refractivity contribution in [3.8, 4) is 11.3 Å². The summed E-state index contributed by atoms with van der Waals surface area (Å²) in [5.74, 6) is 0.576. The Morgan fingerprint density at radius 2 is 2.00 bits per heavy atom. The van der Waals surface area contributed by atoms with Crippen LogP contribution in [0.2, 0.25) is 0 Å². The summed E-state index contributed by atoms with van der Waals surface area (Å²) in [5.41, 5.74) is 1.97. The number of rotatable bonds is 6. The number of carbonyl (C=O) groups excluding carboxylic acids is 1. The first-order valence-corrected chi connectivity index (χ1v) is 10.6. The van der Waals surface area contributed by atoms with Gasteiger partial charge in [0.2, 0.25) is 5.95 Å². The van der Waals surface area contributed by atoms with Crippen LogP contribution in [0.15, 0.2) is 47.7 Å². The van der Waals surface area contributed by atoms with Crippen molar-refractivity contribution in [2.24, 2.45) is 4.99 Å². The normalized spacial score (nSPS) is 13.5. The molecule has 9 nitrogen and oxygen atoms in total. The number of pyridine rings is 1. The van der Waals surface area contributed by atoms with Gasteiger partial charge in [-0.2, -0.15) is 0 Å². The Kier molecular flexibility index (Phi) is 6.43. The summed E-state index contributed by atoms with van der Waals surface area (Å²) < 4.78 is 14.5. The molecule has 0 atom stereocenters. The summed E-state index contributed by atoms with van der Waals surface area (Å²) in [6.07, 6.45) is 6.42. The largest absolute Gasteiger partial charge is 0.363 e. The molecular formula is C23H25FN8O. The van der Waals surface area contributed by atoms with Crippen molar-refractivity contribution in [3.05, 3.63) is 54.1 Å². The van der Waals surface area contributed by atoms with Crippen molar-refractivity contribution in [1.29, 1.82) is 5.41 Å². The van der Waals surface area contributed by atoms with Crippen LogP contribution in [0.5, 0.6) is 0 Å². The van der Waals surface area contributed by atoms with Gasteiger partial charge in [0.05, 0.1) is 23.8 Å². The molecular weight excluding hydrogens is 423 g/mol. The molecule has 0 radical (unpaired) electrons. The molecule has 0 spiro atoms. The van der Waals surface area contributed by atoms with Gasteiger partial charge in [0.1, 0.15) is 11.6 Å². The predicted molar refractivity (Wildman–Crippen MR) is 127 cm³/mol. The number of nitrogens with zero attached hydrogens (tertiary/aromatic N) is 5. The number of amides is 2. The van der Waals surface area contributed by atoms with Crippen LogP contribution >= 0.6 is 0 Å². The molecule has 170 valence electrons. The van der Waals surface area contributed by atoms with Crippen molar-refractivity contribution in [2.75, 3.05) is 37.4 Å². The lowest BCUT2D eigenvalue weighted by atomic mass is 10.1. The van der Waals surface area contributed by atoms with Crippen LogP contribution in [-0.2, 0) is 0 Å². The lowest BCUT2D eigenvalue weighted by molar-refractivity contribution is 0.222. The highest BCUT2D eigenvalue weighted by atomic mass is 19.1. The van der Waals surface area contributed by atoms with E-state index in [0.29, 0.717) is 16.9 Å². The van der Waals surface area contributed by atoms with E-state index in [4.69, 9.17) is 5.41 Å². The number of aromatic amines is 1. The zero-order valence-electron chi connectivity index (χ0n) is 18.5. The Labute approximate surface area is 190 Å². The second-order valence-electron chi connectivity index (χ2n) is 7.91. The SMILES string of the molecule is CN(C)c1ccc(C(=N)/C=N\c2ncc(-c3cc(NC(=O)N4CCCC4)ccc3F)[nH]2)cn1. The number of likely N-dealkylation sites (tertiary alicyclic amines) is 1. The average Bonchev–Trinajstić information content (AvgIpc) is 3.51. The molecule has 1 aliphatic heterocycles. The van der Waals surface area contributed by atoms with E-state index in [0.717, 1.165) is 31.7 Å². The molecule has 33 heavy (non-hydrogen) atoms. The summed E-state index contributed by atoms with van der Waals surface area (Å²) in [6, 6.07) is 7.82. The molecule has 0 saturated carbocycles. The second-order valence-corrected chi connectivity index (χ2v) is 7.91. The van der Waals surface area contributed by atoms with Crippen molar-refractivity contribution in [1.82, 2.24) is 19.9 Å². The van der Waals surface area contributed by atoms with E-state index >= 15 is 0 Å². The van der Waals surface area contributed by atoms with Crippen LogP contribution in [0, 0.1) is 11.2 Å². The number of benzene rings is 1. The van der Waals surface area contributed by atoms with Crippen molar-refractivity contribution in [3.63, 3.8) is 0 Å². The number of anilines is 2. The minimum absolute atomic E-state index is 0.170. The fraction of sp³-hybridized carbons (Fsp3) is 0.261.